The Hall–Kier alpha value is -1.18. The van der Waals surface area contributed by atoms with E-state index in [1.165, 1.54) is 0 Å². The van der Waals surface area contributed by atoms with Crippen molar-refractivity contribution >= 4 is 25.9 Å². The number of nitrogens with one attached hydrogen (secondary N) is 1. The maximum Gasteiger partial charge on any atom is 0.155 e. The molecule has 15 heavy (non-hydrogen) atoms. The molecular formula is C10H10ClN2OP. The summed E-state index contributed by atoms with van der Waals surface area (Å²) in [6, 6.07) is 7.69. The molecule has 1 heterocycles. The topological polar surface area (TPSA) is 24.5 Å². The maximum atomic E-state index is 5.38. The van der Waals surface area contributed by atoms with Gasteiger partial charge in [0.25, 0.3) is 0 Å². The zero-order valence-corrected chi connectivity index (χ0v) is 9.61. The molecule has 0 radical (unpaired) electrons. The second-order valence-electron chi connectivity index (χ2n) is 2.88. The molecule has 0 saturated heterocycles. The first-order chi connectivity index (χ1) is 7.40. The van der Waals surface area contributed by atoms with Gasteiger partial charge >= 0.3 is 0 Å². The maximum absolute atomic E-state index is 5.38. The van der Waals surface area contributed by atoms with Gasteiger partial charge in [-0.2, -0.15) is 0 Å². The second-order valence-corrected chi connectivity index (χ2v) is 4.28. The molecule has 1 aliphatic heterocycles. The third-order valence-corrected chi connectivity index (χ3v) is 3.21. The molecular weight excluding hydrogens is 231 g/mol. The van der Waals surface area contributed by atoms with Crippen molar-refractivity contribution in [2.75, 3.05) is 0 Å². The third kappa shape index (κ3) is 2.65. The predicted molar refractivity (Wildman–Crippen MR) is 64.1 cm³/mol. The van der Waals surface area contributed by atoms with Gasteiger partial charge < -0.3 is 9.72 Å². The molecule has 0 aromatic heterocycles. The summed E-state index contributed by atoms with van der Waals surface area (Å²) in [6.07, 6.45) is 7.74. The van der Waals surface area contributed by atoms with Gasteiger partial charge in [-0.1, -0.05) is 12.1 Å². The van der Waals surface area contributed by atoms with Gasteiger partial charge in [0.1, 0.15) is 11.9 Å². The van der Waals surface area contributed by atoms with Crippen LogP contribution in [0.5, 0.6) is 5.75 Å². The van der Waals surface area contributed by atoms with Gasteiger partial charge in [0.2, 0.25) is 0 Å². The van der Waals surface area contributed by atoms with Gasteiger partial charge in [-0.3, -0.25) is 4.78 Å². The second kappa shape index (κ2) is 5.06. The van der Waals surface area contributed by atoms with E-state index in [9.17, 15) is 0 Å². The van der Waals surface area contributed by atoms with E-state index in [-0.39, 0.29) is 0 Å². The van der Waals surface area contributed by atoms with Crippen molar-refractivity contribution in [3.05, 3.63) is 48.8 Å². The molecule has 78 valence electrons. The van der Waals surface area contributed by atoms with Crippen molar-refractivity contribution in [3.8, 4) is 5.75 Å². The van der Waals surface area contributed by atoms with Crippen molar-refractivity contribution in [1.82, 2.24) is 10.2 Å². The lowest BCUT2D eigenvalue weighted by Gasteiger charge is -2.22. The highest BCUT2D eigenvalue weighted by Crippen LogP contribution is 2.23. The number of halogens is 1. The smallest absolute Gasteiger partial charge is 0.155 e. The summed E-state index contributed by atoms with van der Waals surface area (Å²) < 4.78 is 6.74. The average molecular weight is 241 g/mol. The first kappa shape index (κ1) is 10.3. The fourth-order valence-electron chi connectivity index (χ4n) is 1.18. The van der Waals surface area contributed by atoms with E-state index in [2.05, 4.69) is 5.43 Å². The van der Waals surface area contributed by atoms with Gasteiger partial charge in [-0.25, -0.2) is 0 Å². The molecule has 1 aromatic rings. The van der Waals surface area contributed by atoms with Crippen LogP contribution >= 0.6 is 20.6 Å². The summed E-state index contributed by atoms with van der Waals surface area (Å²) in [5.41, 5.74) is 3.10. The summed E-state index contributed by atoms with van der Waals surface area (Å²) in [5, 5.41) is 1.06. The van der Waals surface area contributed by atoms with Crippen LogP contribution in [0, 0.1) is 0 Å². The van der Waals surface area contributed by atoms with Crippen LogP contribution in [0.15, 0.2) is 48.8 Å². The van der Waals surface area contributed by atoms with Crippen LogP contribution in [0.4, 0.5) is 0 Å². The SMILES string of the molecule is ClOc1ccccc1PN1C=CC=CN1. The van der Waals surface area contributed by atoms with Crippen molar-refractivity contribution in [2.45, 2.75) is 0 Å². The quantitative estimate of drug-likeness (QED) is 0.821. The highest BCUT2D eigenvalue weighted by atomic mass is 35.5. The molecule has 3 nitrogen and oxygen atoms in total. The third-order valence-electron chi connectivity index (χ3n) is 1.87. The number of allylic oxidation sites excluding steroid dienone is 2. The average Bonchev–Trinajstić information content (AvgIpc) is 2.31. The lowest BCUT2D eigenvalue weighted by Crippen LogP contribution is -2.24. The van der Waals surface area contributed by atoms with Crippen molar-refractivity contribution < 1.29 is 4.29 Å². The molecule has 0 amide bonds. The molecule has 1 aromatic carbocycles. The van der Waals surface area contributed by atoms with E-state index >= 15 is 0 Å². The Balaban J connectivity index is 2.09. The van der Waals surface area contributed by atoms with Crippen molar-refractivity contribution in [1.29, 1.82) is 0 Å². The van der Waals surface area contributed by atoms with Crippen LogP contribution in [-0.2, 0) is 0 Å². The minimum Gasteiger partial charge on any atom is -0.385 e. The lowest BCUT2D eigenvalue weighted by atomic mass is 10.3. The van der Waals surface area contributed by atoms with E-state index in [1.807, 2.05) is 53.6 Å². The van der Waals surface area contributed by atoms with Gasteiger partial charge in [-0.15, -0.1) is 0 Å². The van der Waals surface area contributed by atoms with Crippen LogP contribution in [0.3, 0.4) is 0 Å². The zero-order chi connectivity index (χ0) is 10.5. The van der Waals surface area contributed by atoms with Crippen LogP contribution in [0.25, 0.3) is 0 Å². The Morgan fingerprint density at radius 3 is 2.87 bits per heavy atom. The lowest BCUT2D eigenvalue weighted by molar-refractivity contribution is 0.527. The number of rotatable bonds is 3. The van der Waals surface area contributed by atoms with E-state index in [4.69, 9.17) is 16.2 Å². The minimum absolute atomic E-state index is 0.434. The van der Waals surface area contributed by atoms with Crippen molar-refractivity contribution in [3.63, 3.8) is 0 Å². The first-order valence-corrected chi connectivity index (χ1v) is 5.69. The van der Waals surface area contributed by atoms with E-state index in [0.29, 0.717) is 14.5 Å². The standard InChI is InChI=1S/C10H10ClN2OP/c11-14-9-5-1-2-6-10(9)15-13-8-4-3-7-12-13/h1-8,12,15H. The molecule has 1 aliphatic rings. The van der Waals surface area contributed by atoms with E-state index in [1.54, 1.807) is 0 Å². The number of hydrogen-bond donors (Lipinski definition) is 1. The summed E-state index contributed by atoms with van der Waals surface area (Å²) in [7, 11) is 0.434. The number of benzene rings is 1. The zero-order valence-electron chi connectivity index (χ0n) is 7.85. The van der Waals surface area contributed by atoms with Crippen LogP contribution in [0.2, 0.25) is 0 Å². The molecule has 0 aliphatic carbocycles. The molecule has 1 unspecified atom stereocenters. The van der Waals surface area contributed by atoms with Gasteiger partial charge in [-0.05, 0) is 24.3 Å². The first-order valence-electron chi connectivity index (χ1n) is 4.43. The predicted octanol–water partition coefficient (Wildman–Crippen LogP) is 2.29. The fourth-order valence-corrected chi connectivity index (χ4v) is 2.36. The summed E-state index contributed by atoms with van der Waals surface area (Å²) in [5.74, 6) is 0.697. The van der Waals surface area contributed by atoms with Gasteiger partial charge in [0.05, 0.1) is 0 Å². The Morgan fingerprint density at radius 1 is 1.27 bits per heavy atom. The molecule has 0 fully saturated rings. The molecule has 5 heteroatoms. The molecule has 1 N–H and O–H groups in total. The molecule has 0 bridgehead atoms. The molecule has 0 spiro atoms. The van der Waals surface area contributed by atoms with Crippen LogP contribution in [-0.4, -0.2) is 4.78 Å². The van der Waals surface area contributed by atoms with Gasteiger partial charge in [0, 0.05) is 26.4 Å². The Kier molecular flexibility index (Phi) is 3.49. The van der Waals surface area contributed by atoms with E-state index < -0.39 is 0 Å². The van der Waals surface area contributed by atoms with Gasteiger partial charge in [0.15, 0.2) is 5.75 Å². The summed E-state index contributed by atoms with van der Waals surface area (Å²) in [6.45, 7) is 0. The summed E-state index contributed by atoms with van der Waals surface area (Å²) in [4.78, 5) is 0. The van der Waals surface area contributed by atoms with Crippen molar-refractivity contribution in [2.24, 2.45) is 0 Å². The molecule has 0 saturated carbocycles. The van der Waals surface area contributed by atoms with Crippen LogP contribution in [0.1, 0.15) is 0 Å². The Labute approximate surface area is 95.3 Å². The fraction of sp³-hybridized carbons (Fsp3) is 0. The monoisotopic (exact) mass is 240 g/mol. The Morgan fingerprint density at radius 2 is 2.13 bits per heavy atom. The highest BCUT2D eigenvalue weighted by Gasteiger charge is 2.06. The minimum atomic E-state index is 0.434. The highest BCUT2D eigenvalue weighted by molar-refractivity contribution is 7.45. The Bertz CT molecular complexity index is 395. The number of hydrazine groups is 1. The number of para-hydroxylation sites is 1. The van der Waals surface area contributed by atoms with E-state index in [0.717, 1.165) is 5.30 Å². The number of hydrogen-bond acceptors (Lipinski definition) is 3. The molecule has 2 rings (SSSR count). The number of nitrogens with zero attached hydrogens (tertiary/aromatic N) is 1. The normalized spacial score (nSPS) is 14.6. The largest absolute Gasteiger partial charge is 0.385 e. The molecule has 1 atom stereocenters. The van der Waals surface area contributed by atoms with Crippen LogP contribution < -0.4 is 15.0 Å². The summed E-state index contributed by atoms with van der Waals surface area (Å²) >= 11 is 5.38.